The maximum absolute atomic E-state index is 5.96. The predicted octanol–water partition coefficient (Wildman–Crippen LogP) is 4.50. The van der Waals surface area contributed by atoms with E-state index in [0.29, 0.717) is 5.82 Å². The van der Waals surface area contributed by atoms with Crippen LogP contribution in [0.1, 0.15) is 29.0 Å². The molecule has 0 amide bonds. The zero-order chi connectivity index (χ0) is 16.1. The summed E-state index contributed by atoms with van der Waals surface area (Å²) >= 11 is 1.63. The Hall–Kier alpha value is -2.33. The standard InChI is InChI=1S/C19H19N3S/c1-14(16-10-6-3-7-11-16)23-19-21-17(13-18(20)22-19)12-15-8-4-2-5-9-15/h2-11,13-14H,12H2,1H3,(H2,20,21,22). The molecule has 0 bridgehead atoms. The SMILES string of the molecule is CC(Sc1nc(N)cc(Cc2ccccc2)n1)c1ccccc1. The van der Waals surface area contributed by atoms with Crippen LogP contribution in [-0.2, 0) is 6.42 Å². The topological polar surface area (TPSA) is 51.8 Å². The van der Waals surface area contributed by atoms with Crippen LogP contribution >= 0.6 is 11.8 Å². The van der Waals surface area contributed by atoms with E-state index >= 15 is 0 Å². The molecule has 0 radical (unpaired) electrons. The summed E-state index contributed by atoms with van der Waals surface area (Å²) in [6.07, 6.45) is 0.765. The lowest BCUT2D eigenvalue weighted by molar-refractivity contribution is 0.902. The molecule has 4 heteroatoms. The van der Waals surface area contributed by atoms with Crippen molar-refractivity contribution in [3.63, 3.8) is 0 Å². The summed E-state index contributed by atoms with van der Waals surface area (Å²) in [5.41, 5.74) is 9.39. The van der Waals surface area contributed by atoms with Crippen LogP contribution in [0.5, 0.6) is 0 Å². The van der Waals surface area contributed by atoms with Crippen LogP contribution in [0.4, 0.5) is 5.82 Å². The van der Waals surface area contributed by atoms with Crippen molar-refractivity contribution >= 4 is 17.6 Å². The van der Waals surface area contributed by atoms with Gasteiger partial charge in [0.25, 0.3) is 0 Å². The van der Waals surface area contributed by atoms with Crippen LogP contribution in [0, 0.1) is 0 Å². The van der Waals surface area contributed by atoms with E-state index in [4.69, 9.17) is 5.73 Å². The largest absolute Gasteiger partial charge is 0.384 e. The molecule has 0 aliphatic heterocycles. The second-order valence-electron chi connectivity index (χ2n) is 5.40. The molecule has 1 atom stereocenters. The molecule has 1 heterocycles. The molecular weight excluding hydrogens is 302 g/mol. The summed E-state index contributed by atoms with van der Waals surface area (Å²) in [7, 11) is 0. The van der Waals surface area contributed by atoms with Crippen molar-refractivity contribution < 1.29 is 0 Å². The molecule has 0 saturated heterocycles. The Morgan fingerprint density at radius 3 is 2.30 bits per heavy atom. The average molecular weight is 321 g/mol. The first-order chi connectivity index (χ1) is 11.2. The second-order valence-corrected chi connectivity index (χ2v) is 6.71. The molecular formula is C19H19N3S. The van der Waals surface area contributed by atoms with Gasteiger partial charge in [0.2, 0.25) is 0 Å². The summed E-state index contributed by atoms with van der Waals surface area (Å²) in [4.78, 5) is 9.04. The Bertz CT molecular complexity index is 760. The van der Waals surface area contributed by atoms with Crippen molar-refractivity contribution in [1.29, 1.82) is 0 Å². The highest BCUT2D eigenvalue weighted by Crippen LogP contribution is 2.33. The Labute approximate surface area is 141 Å². The fourth-order valence-electron chi connectivity index (χ4n) is 2.39. The monoisotopic (exact) mass is 321 g/mol. The van der Waals surface area contributed by atoms with Crippen LogP contribution < -0.4 is 5.73 Å². The highest BCUT2D eigenvalue weighted by Gasteiger charge is 2.11. The number of nitrogen functional groups attached to an aromatic ring is 1. The number of rotatable bonds is 5. The van der Waals surface area contributed by atoms with Crippen molar-refractivity contribution in [2.45, 2.75) is 23.8 Å². The van der Waals surface area contributed by atoms with Crippen LogP contribution in [0.25, 0.3) is 0 Å². The zero-order valence-electron chi connectivity index (χ0n) is 13.0. The minimum Gasteiger partial charge on any atom is -0.384 e. The molecule has 3 aromatic rings. The predicted molar refractivity (Wildman–Crippen MR) is 96.4 cm³/mol. The third-order valence-electron chi connectivity index (χ3n) is 3.56. The minimum absolute atomic E-state index is 0.280. The van der Waals surface area contributed by atoms with E-state index in [1.807, 2.05) is 42.5 Å². The van der Waals surface area contributed by atoms with Crippen molar-refractivity contribution in [3.05, 3.63) is 83.6 Å². The molecule has 0 saturated carbocycles. The molecule has 116 valence electrons. The van der Waals surface area contributed by atoms with E-state index in [9.17, 15) is 0 Å². The number of nitrogens with zero attached hydrogens (tertiary/aromatic N) is 2. The lowest BCUT2D eigenvalue weighted by Crippen LogP contribution is -2.01. The fraction of sp³-hybridized carbons (Fsp3) is 0.158. The number of hydrogen-bond acceptors (Lipinski definition) is 4. The molecule has 1 aromatic heterocycles. The zero-order valence-corrected chi connectivity index (χ0v) is 13.8. The maximum Gasteiger partial charge on any atom is 0.190 e. The van der Waals surface area contributed by atoms with Gasteiger partial charge in [0.15, 0.2) is 5.16 Å². The smallest absolute Gasteiger partial charge is 0.190 e. The Balaban J connectivity index is 1.78. The van der Waals surface area contributed by atoms with Crippen molar-refractivity contribution in [2.24, 2.45) is 0 Å². The van der Waals surface area contributed by atoms with Crippen molar-refractivity contribution in [2.75, 3.05) is 5.73 Å². The van der Waals surface area contributed by atoms with E-state index in [1.54, 1.807) is 11.8 Å². The summed E-state index contributed by atoms with van der Waals surface area (Å²) < 4.78 is 0. The van der Waals surface area contributed by atoms with Gasteiger partial charge in [-0.05, 0) is 18.1 Å². The lowest BCUT2D eigenvalue weighted by Gasteiger charge is -2.11. The molecule has 3 rings (SSSR count). The van der Waals surface area contributed by atoms with Gasteiger partial charge in [-0.15, -0.1) is 0 Å². The van der Waals surface area contributed by atoms with Gasteiger partial charge in [-0.3, -0.25) is 0 Å². The fourth-order valence-corrected chi connectivity index (χ4v) is 3.33. The van der Waals surface area contributed by atoms with Gasteiger partial charge >= 0.3 is 0 Å². The molecule has 2 aromatic carbocycles. The molecule has 0 aliphatic carbocycles. The molecule has 1 unspecified atom stereocenters. The highest BCUT2D eigenvalue weighted by molar-refractivity contribution is 7.99. The number of aromatic nitrogens is 2. The maximum atomic E-state index is 5.96. The van der Waals surface area contributed by atoms with Gasteiger partial charge in [-0.2, -0.15) is 0 Å². The molecule has 3 nitrogen and oxygen atoms in total. The minimum atomic E-state index is 0.280. The first kappa shape index (κ1) is 15.6. The van der Waals surface area contributed by atoms with Gasteiger partial charge in [-0.1, -0.05) is 72.4 Å². The first-order valence-electron chi connectivity index (χ1n) is 7.59. The summed E-state index contributed by atoms with van der Waals surface area (Å²) in [6.45, 7) is 2.16. The molecule has 0 aliphatic rings. The summed E-state index contributed by atoms with van der Waals surface area (Å²) in [6, 6.07) is 22.5. The average Bonchev–Trinajstić information content (AvgIpc) is 2.56. The normalized spacial score (nSPS) is 12.0. The van der Waals surface area contributed by atoms with Crippen LogP contribution in [-0.4, -0.2) is 9.97 Å². The number of benzene rings is 2. The van der Waals surface area contributed by atoms with Gasteiger partial charge in [0.1, 0.15) is 5.82 Å². The molecule has 2 N–H and O–H groups in total. The number of nitrogens with two attached hydrogens (primary N) is 1. The van der Waals surface area contributed by atoms with Crippen molar-refractivity contribution in [3.8, 4) is 0 Å². The quantitative estimate of drug-likeness (QED) is 0.555. The number of anilines is 1. The van der Waals surface area contributed by atoms with Crippen molar-refractivity contribution in [1.82, 2.24) is 9.97 Å². The molecule has 23 heavy (non-hydrogen) atoms. The van der Waals surface area contributed by atoms with Gasteiger partial charge in [-0.25, -0.2) is 9.97 Å². The lowest BCUT2D eigenvalue weighted by atomic mass is 10.1. The van der Waals surface area contributed by atoms with Gasteiger partial charge in [0, 0.05) is 17.7 Å². The summed E-state index contributed by atoms with van der Waals surface area (Å²) in [5, 5.41) is 1.01. The van der Waals surface area contributed by atoms with Crippen LogP contribution in [0.2, 0.25) is 0 Å². The third-order valence-corrected chi connectivity index (χ3v) is 4.58. The summed E-state index contributed by atoms with van der Waals surface area (Å²) in [5.74, 6) is 0.522. The van der Waals surface area contributed by atoms with E-state index < -0.39 is 0 Å². The Morgan fingerprint density at radius 2 is 1.61 bits per heavy atom. The Kier molecular flexibility index (Phi) is 4.93. The van der Waals surface area contributed by atoms with Crippen LogP contribution in [0.3, 0.4) is 0 Å². The number of hydrogen-bond donors (Lipinski definition) is 1. The van der Waals surface area contributed by atoms with Gasteiger partial charge in [0.05, 0.1) is 5.69 Å². The van der Waals surface area contributed by atoms with E-state index in [0.717, 1.165) is 17.3 Å². The Morgan fingerprint density at radius 1 is 0.957 bits per heavy atom. The van der Waals surface area contributed by atoms with E-state index in [1.165, 1.54) is 11.1 Å². The second kappa shape index (κ2) is 7.29. The first-order valence-corrected chi connectivity index (χ1v) is 8.47. The van der Waals surface area contributed by atoms with E-state index in [2.05, 4.69) is 41.2 Å². The van der Waals surface area contributed by atoms with Gasteiger partial charge < -0.3 is 5.73 Å². The number of thioether (sulfide) groups is 1. The third kappa shape index (κ3) is 4.33. The molecule has 0 fully saturated rings. The van der Waals surface area contributed by atoms with E-state index in [-0.39, 0.29) is 5.25 Å². The van der Waals surface area contributed by atoms with Crippen LogP contribution in [0.15, 0.2) is 71.9 Å². The highest BCUT2D eigenvalue weighted by atomic mass is 32.2. The molecule has 0 spiro atoms.